The number of ether oxygens (including phenoxy) is 1. The molecule has 2 heterocycles. The van der Waals surface area contributed by atoms with Crippen molar-refractivity contribution in [2.24, 2.45) is 11.7 Å². The maximum Gasteiger partial charge on any atom is 0.255 e. The van der Waals surface area contributed by atoms with Gasteiger partial charge in [0.25, 0.3) is 5.89 Å². The lowest BCUT2D eigenvalue weighted by atomic mass is 9.76. The van der Waals surface area contributed by atoms with E-state index in [4.69, 9.17) is 15.0 Å². The summed E-state index contributed by atoms with van der Waals surface area (Å²) in [4.78, 5) is 4.55. The Hall–Kier alpha value is -0.940. The molecule has 2 N–H and O–H groups in total. The van der Waals surface area contributed by atoms with Crippen LogP contribution in [0.5, 0.6) is 0 Å². The van der Waals surface area contributed by atoms with Crippen molar-refractivity contribution in [2.45, 2.75) is 69.9 Å². The Kier molecular flexibility index (Phi) is 4.08. The summed E-state index contributed by atoms with van der Waals surface area (Å²) in [5.74, 6) is 2.10. The average molecular weight is 279 g/mol. The Morgan fingerprint density at radius 1 is 1.25 bits per heavy atom. The summed E-state index contributed by atoms with van der Waals surface area (Å²) >= 11 is 0. The Labute approximate surface area is 120 Å². The molecule has 1 aliphatic heterocycles. The van der Waals surface area contributed by atoms with Crippen molar-refractivity contribution in [3.05, 3.63) is 11.7 Å². The van der Waals surface area contributed by atoms with Gasteiger partial charge in [-0.15, -0.1) is 0 Å². The second kappa shape index (κ2) is 5.82. The monoisotopic (exact) mass is 279 g/mol. The first-order valence-corrected chi connectivity index (χ1v) is 7.96. The maximum absolute atomic E-state index is 6.51. The van der Waals surface area contributed by atoms with E-state index < -0.39 is 5.54 Å². The zero-order valence-electron chi connectivity index (χ0n) is 12.3. The summed E-state index contributed by atoms with van der Waals surface area (Å²) in [6.07, 6.45) is 8.70. The van der Waals surface area contributed by atoms with Crippen molar-refractivity contribution in [3.63, 3.8) is 0 Å². The summed E-state index contributed by atoms with van der Waals surface area (Å²) in [5.41, 5.74) is 6.11. The molecule has 1 aliphatic carbocycles. The predicted molar refractivity (Wildman–Crippen MR) is 75.0 cm³/mol. The lowest BCUT2D eigenvalue weighted by Crippen LogP contribution is -2.41. The SMILES string of the molecule is CCC1CCC(N)(c2noc(C3CCCCO3)n2)CC1. The van der Waals surface area contributed by atoms with Gasteiger partial charge in [0.15, 0.2) is 5.82 Å². The molecule has 112 valence electrons. The van der Waals surface area contributed by atoms with Gasteiger partial charge < -0.3 is 15.0 Å². The summed E-state index contributed by atoms with van der Waals surface area (Å²) in [5, 5.41) is 4.15. The van der Waals surface area contributed by atoms with Gasteiger partial charge in [-0.1, -0.05) is 18.5 Å². The van der Waals surface area contributed by atoms with Crippen molar-refractivity contribution in [2.75, 3.05) is 6.61 Å². The van der Waals surface area contributed by atoms with Gasteiger partial charge >= 0.3 is 0 Å². The van der Waals surface area contributed by atoms with Gasteiger partial charge in [0.05, 0.1) is 5.54 Å². The first kappa shape index (κ1) is 14.0. The van der Waals surface area contributed by atoms with Gasteiger partial charge in [0.2, 0.25) is 0 Å². The van der Waals surface area contributed by atoms with Crippen LogP contribution in [0, 0.1) is 5.92 Å². The van der Waals surface area contributed by atoms with E-state index in [1.165, 1.54) is 6.42 Å². The minimum atomic E-state index is -0.401. The van der Waals surface area contributed by atoms with Crippen molar-refractivity contribution >= 4 is 0 Å². The third-order valence-corrected chi connectivity index (χ3v) is 4.92. The molecule has 20 heavy (non-hydrogen) atoms. The highest BCUT2D eigenvalue weighted by Crippen LogP contribution is 2.38. The summed E-state index contributed by atoms with van der Waals surface area (Å²) < 4.78 is 11.1. The van der Waals surface area contributed by atoms with Crippen LogP contribution in [0.25, 0.3) is 0 Å². The van der Waals surface area contributed by atoms with E-state index in [-0.39, 0.29) is 6.10 Å². The second-order valence-electron chi connectivity index (χ2n) is 6.32. The highest BCUT2D eigenvalue weighted by molar-refractivity contribution is 5.07. The van der Waals surface area contributed by atoms with Gasteiger partial charge in [-0.2, -0.15) is 4.98 Å². The van der Waals surface area contributed by atoms with Gasteiger partial charge in [0.1, 0.15) is 6.10 Å². The molecule has 0 aromatic carbocycles. The molecule has 1 aromatic rings. The van der Waals surface area contributed by atoms with E-state index in [1.807, 2.05) is 0 Å². The van der Waals surface area contributed by atoms with E-state index in [0.717, 1.165) is 57.5 Å². The molecule has 2 fully saturated rings. The normalized spacial score (nSPS) is 35.1. The number of nitrogens with zero attached hydrogens (tertiary/aromatic N) is 2. The zero-order valence-corrected chi connectivity index (χ0v) is 12.3. The summed E-state index contributed by atoms with van der Waals surface area (Å²) in [6.45, 7) is 3.04. The third kappa shape index (κ3) is 2.74. The van der Waals surface area contributed by atoms with Crippen molar-refractivity contribution in [3.8, 4) is 0 Å². The second-order valence-corrected chi connectivity index (χ2v) is 6.32. The van der Waals surface area contributed by atoms with Crippen LogP contribution < -0.4 is 5.73 Å². The largest absolute Gasteiger partial charge is 0.368 e. The van der Waals surface area contributed by atoms with Crippen LogP contribution in [0.2, 0.25) is 0 Å². The van der Waals surface area contributed by atoms with Crippen LogP contribution in [-0.2, 0) is 10.3 Å². The standard InChI is InChI=1S/C15H25N3O2/c1-2-11-6-8-15(16,9-7-11)14-17-13(20-18-14)12-5-3-4-10-19-12/h11-12H,2-10,16H2,1H3. The van der Waals surface area contributed by atoms with E-state index in [9.17, 15) is 0 Å². The Morgan fingerprint density at radius 2 is 2.05 bits per heavy atom. The average Bonchev–Trinajstić information content (AvgIpc) is 3.00. The molecule has 0 spiro atoms. The number of hydrogen-bond acceptors (Lipinski definition) is 5. The third-order valence-electron chi connectivity index (χ3n) is 4.92. The summed E-state index contributed by atoms with van der Waals surface area (Å²) in [6, 6.07) is 0. The van der Waals surface area contributed by atoms with Gasteiger partial charge in [-0.05, 0) is 50.9 Å². The zero-order chi connectivity index (χ0) is 14.0. The fourth-order valence-electron chi connectivity index (χ4n) is 3.33. The maximum atomic E-state index is 6.51. The molecule has 0 radical (unpaired) electrons. The van der Waals surface area contributed by atoms with Gasteiger partial charge in [0, 0.05) is 6.61 Å². The fourth-order valence-corrected chi connectivity index (χ4v) is 3.33. The van der Waals surface area contributed by atoms with Crippen molar-refractivity contribution < 1.29 is 9.26 Å². The van der Waals surface area contributed by atoms with Crippen LogP contribution in [-0.4, -0.2) is 16.7 Å². The Morgan fingerprint density at radius 3 is 2.70 bits per heavy atom. The highest BCUT2D eigenvalue weighted by atomic mass is 16.5. The first-order valence-electron chi connectivity index (χ1n) is 7.96. The van der Waals surface area contributed by atoms with E-state index >= 15 is 0 Å². The highest BCUT2D eigenvalue weighted by Gasteiger charge is 2.37. The molecule has 0 bridgehead atoms. The molecule has 3 rings (SSSR count). The lowest BCUT2D eigenvalue weighted by Gasteiger charge is -2.34. The van der Waals surface area contributed by atoms with Gasteiger partial charge in [-0.25, -0.2) is 0 Å². The molecule has 2 aliphatic rings. The quantitative estimate of drug-likeness (QED) is 0.920. The molecular weight excluding hydrogens is 254 g/mol. The van der Waals surface area contributed by atoms with E-state index in [1.54, 1.807) is 0 Å². The molecular formula is C15H25N3O2. The number of aromatic nitrogens is 2. The topological polar surface area (TPSA) is 74.2 Å². The van der Waals surface area contributed by atoms with Crippen LogP contribution in [0.3, 0.4) is 0 Å². The Bertz CT molecular complexity index is 432. The molecule has 5 nitrogen and oxygen atoms in total. The van der Waals surface area contributed by atoms with E-state index in [0.29, 0.717) is 11.7 Å². The van der Waals surface area contributed by atoms with Crippen LogP contribution >= 0.6 is 0 Å². The van der Waals surface area contributed by atoms with E-state index in [2.05, 4.69) is 17.1 Å². The molecule has 1 aromatic heterocycles. The minimum Gasteiger partial charge on any atom is -0.368 e. The predicted octanol–water partition coefficient (Wildman–Crippen LogP) is 3.07. The molecule has 1 saturated heterocycles. The molecule has 0 amide bonds. The molecule has 1 saturated carbocycles. The number of hydrogen-bond donors (Lipinski definition) is 1. The number of rotatable bonds is 3. The van der Waals surface area contributed by atoms with Crippen LogP contribution in [0.1, 0.15) is 76.1 Å². The number of nitrogens with two attached hydrogens (primary N) is 1. The smallest absolute Gasteiger partial charge is 0.255 e. The Balaban J connectivity index is 1.69. The lowest BCUT2D eigenvalue weighted by molar-refractivity contribution is -0.00459. The molecule has 1 unspecified atom stereocenters. The van der Waals surface area contributed by atoms with Gasteiger partial charge in [-0.3, -0.25) is 0 Å². The fraction of sp³-hybridized carbons (Fsp3) is 0.867. The molecule has 5 heteroatoms. The van der Waals surface area contributed by atoms with Crippen molar-refractivity contribution in [1.29, 1.82) is 0 Å². The summed E-state index contributed by atoms with van der Waals surface area (Å²) in [7, 11) is 0. The molecule has 1 atom stereocenters. The minimum absolute atomic E-state index is 0.0272. The first-order chi connectivity index (χ1) is 9.71. The van der Waals surface area contributed by atoms with Crippen LogP contribution in [0.15, 0.2) is 4.52 Å². The van der Waals surface area contributed by atoms with Crippen molar-refractivity contribution in [1.82, 2.24) is 10.1 Å². The van der Waals surface area contributed by atoms with Crippen LogP contribution in [0.4, 0.5) is 0 Å².